The van der Waals surface area contributed by atoms with Crippen LogP contribution in [0.25, 0.3) is 28.3 Å². The fraction of sp³-hybridized carbons (Fsp3) is 0.478. The SMILES string of the molecule is C[Si](C)(C)CCOCn1c(=O)n([C@@H]2CCCNC2)c2nc(-c3cnc4ccc(F)cn34)ncc21. The molecule has 180 valence electrons. The van der Waals surface area contributed by atoms with Crippen molar-refractivity contribution in [1.82, 2.24) is 33.8 Å². The lowest BCUT2D eigenvalue weighted by Crippen LogP contribution is -2.37. The summed E-state index contributed by atoms with van der Waals surface area (Å²) in [4.78, 5) is 27.2. The summed E-state index contributed by atoms with van der Waals surface area (Å²) in [6.07, 6.45) is 6.52. The predicted octanol–water partition coefficient (Wildman–Crippen LogP) is 3.28. The molecule has 1 N–H and O–H groups in total. The molecular formula is C23H30FN7O2Si. The summed E-state index contributed by atoms with van der Waals surface area (Å²) in [5.74, 6) is 0.0135. The first kappa shape index (κ1) is 22.9. The van der Waals surface area contributed by atoms with Crippen molar-refractivity contribution in [3.63, 3.8) is 0 Å². The average molecular weight is 484 g/mol. The van der Waals surface area contributed by atoms with Gasteiger partial charge in [0.25, 0.3) is 0 Å². The van der Waals surface area contributed by atoms with E-state index in [-0.39, 0.29) is 24.3 Å². The van der Waals surface area contributed by atoms with Gasteiger partial charge < -0.3 is 10.1 Å². The minimum Gasteiger partial charge on any atom is -0.361 e. The van der Waals surface area contributed by atoms with Crippen molar-refractivity contribution in [2.45, 2.75) is 51.3 Å². The van der Waals surface area contributed by atoms with Gasteiger partial charge in [-0.25, -0.2) is 24.1 Å². The molecule has 5 heterocycles. The van der Waals surface area contributed by atoms with Gasteiger partial charge in [0.05, 0.1) is 18.4 Å². The van der Waals surface area contributed by atoms with Crippen molar-refractivity contribution >= 4 is 24.9 Å². The third-order valence-electron chi connectivity index (χ3n) is 6.26. The van der Waals surface area contributed by atoms with Gasteiger partial charge in [0.15, 0.2) is 11.5 Å². The molecule has 5 rings (SSSR count). The highest BCUT2D eigenvalue weighted by atomic mass is 28.3. The number of hydrogen-bond acceptors (Lipinski definition) is 6. The number of nitrogens with zero attached hydrogens (tertiary/aromatic N) is 6. The number of imidazole rings is 2. The molecule has 0 amide bonds. The molecule has 0 unspecified atom stereocenters. The average Bonchev–Trinajstić information content (AvgIpc) is 3.34. The highest BCUT2D eigenvalue weighted by Crippen LogP contribution is 2.24. The normalized spacial score (nSPS) is 17.1. The van der Waals surface area contributed by atoms with E-state index in [9.17, 15) is 9.18 Å². The van der Waals surface area contributed by atoms with Crippen molar-refractivity contribution in [1.29, 1.82) is 0 Å². The quantitative estimate of drug-likeness (QED) is 0.320. The molecule has 9 nitrogen and oxygen atoms in total. The van der Waals surface area contributed by atoms with Gasteiger partial charge in [0.1, 0.15) is 29.4 Å². The maximum absolute atomic E-state index is 13.9. The molecule has 0 spiro atoms. The summed E-state index contributed by atoms with van der Waals surface area (Å²) >= 11 is 0. The summed E-state index contributed by atoms with van der Waals surface area (Å²) in [6, 6.07) is 3.99. The first-order valence-electron chi connectivity index (χ1n) is 11.7. The molecule has 0 aliphatic carbocycles. The molecule has 11 heteroatoms. The zero-order valence-electron chi connectivity index (χ0n) is 19.8. The van der Waals surface area contributed by atoms with Gasteiger partial charge >= 0.3 is 5.69 Å². The Morgan fingerprint density at radius 3 is 2.85 bits per heavy atom. The van der Waals surface area contributed by atoms with Crippen molar-refractivity contribution in [2.75, 3.05) is 19.7 Å². The Morgan fingerprint density at radius 2 is 2.09 bits per heavy atom. The van der Waals surface area contributed by atoms with Gasteiger partial charge in [-0.15, -0.1) is 0 Å². The van der Waals surface area contributed by atoms with E-state index in [2.05, 4.69) is 34.9 Å². The molecule has 1 atom stereocenters. The Morgan fingerprint density at radius 1 is 1.24 bits per heavy atom. The van der Waals surface area contributed by atoms with Crippen LogP contribution in [0.15, 0.2) is 35.5 Å². The first-order valence-corrected chi connectivity index (χ1v) is 15.4. The third kappa shape index (κ3) is 4.42. The first-order chi connectivity index (χ1) is 16.3. The van der Waals surface area contributed by atoms with Crippen LogP contribution in [-0.4, -0.2) is 56.3 Å². The van der Waals surface area contributed by atoms with Gasteiger partial charge in [-0.1, -0.05) is 19.6 Å². The lowest BCUT2D eigenvalue weighted by molar-refractivity contribution is 0.0867. The largest absolute Gasteiger partial charge is 0.361 e. The Hall–Kier alpha value is -2.89. The number of nitrogens with one attached hydrogen (secondary N) is 1. The molecule has 34 heavy (non-hydrogen) atoms. The van der Waals surface area contributed by atoms with Crippen LogP contribution in [0.2, 0.25) is 25.7 Å². The number of pyridine rings is 1. The van der Waals surface area contributed by atoms with Crippen LogP contribution in [-0.2, 0) is 11.5 Å². The molecule has 0 saturated carbocycles. The van der Waals surface area contributed by atoms with Crippen LogP contribution in [0.5, 0.6) is 0 Å². The van der Waals surface area contributed by atoms with Crippen LogP contribution >= 0.6 is 0 Å². The van der Waals surface area contributed by atoms with Crippen LogP contribution in [0, 0.1) is 5.82 Å². The summed E-state index contributed by atoms with van der Waals surface area (Å²) < 4.78 is 24.8. The summed E-state index contributed by atoms with van der Waals surface area (Å²) in [6.45, 7) is 9.32. The minimum atomic E-state index is -1.23. The molecule has 4 aromatic rings. The van der Waals surface area contributed by atoms with E-state index in [4.69, 9.17) is 9.72 Å². The summed E-state index contributed by atoms with van der Waals surface area (Å²) in [7, 11) is -1.23. The number of rotatable bonds is 7. The van der Waals surface area contributed by atoms with E-state index in [0.717, 1.165) is 25.4 Å². The van der Waals surface area contributed by atoms with Crippen LogP contribution in [0.1, 0.15) is 18.9 Å². The summed E-state index contributed by atoms with van der Waals surface area (Å²) in [5.41, 5.74) is 2.21. The molecule has 1 aliphatic heterocycles. The maximum Gasteiger partial charge on any atom is 0.332 e. The Kier molecular flexibility index (Phi) is 6.09. The zero-order valence-corrected chi connectivity index (χ0v) is 20.8. The predicted molar refractivity (Wildman–Crippen MR) is 131 cm³/mol. The number of aromatic nitrogens is 6. The van der Waals surface area contributed by atoms with E-state index in [0.29, 0.717) is 41.5 Å². The fourth-order valence-electron chi connectivity index (χ4n) is 4.34. The van der Waals surface area contributed by atoms with Crippen LogP contribution < -0.4 is 11.0 Å². The van der Waals surface area contributed by atoms with E-state index in [1.165, 1.54) is 12.3 Å². The topological polar surface area (TPSA) is 91.3 Å². The highest BCUT2D eigenvalue weighted by Gasteiger charge is 2.25. The summed E-state index contributed by atoms with van der Waals surface area (Å²) in [5, 5.41) is 3.38. The maximum atomic E-state index is 13.9. The Balaban J connectivity index is 1.57. The molecule has 0 aromatic carbocycles. The van der Waals surface area contributed by atoms with Gasteiger partial charge in [-0.05, 0) is 37.6 Å². The second kappa shape index (κ2) is 9.04. The lowest BCUT2D eigenvalue weighted by Gasteiger charge is -2.23. The molecule has 4 aromatic heterocycles. The molecule has 0 bridgehead atoms. The lowest BCUT2D eigenvalue weighted by atomic mass is 10.1. The molecular weight excluding hydrogens is 453 g/mol. The number of fused-ring (bicyclic) bond motifs is 2. The Labute approximate surface area is 197 Å². The second-order valence-corrected chi connectivity index (χ2v) is 15.7. The van der Waals surface area contributed by atoms with E-state index in [1.807, 2.05) is 0 Å². The molecule has 0 radical (unpaired) electrons. The Bertz CT molecular complexity index is 1380. The molecule has 1 aliphatic rings. The second-order valence-electron chi connectivity index (χ2n) is 10.1. The van der Waals surface area contributed by atoms with E-state index >= 15 is 0 Å². The van der Waals surface area contributed by atoms with Gasteiger partial charge in [-0.3, -0.25) is 13.5 Å². The molecule has 1 saturated heterocycles. The third-order valence-corrected chi connectivity index (χ3v) is 7.96. The smallest absolute Gasteiger partial charge is 0.332 e. The van der Waals surface area contributed by atoms with Gasteiger partial charge in [0, 0.05) is 27.4 Å². The number of hydrogen-bond donors (Lipinski definition) is 1. The highest BCUT2D eigenvalue weighted by molar-refractivity contribution is 6.76. The number of halogens is 1. The number of ether oxygens (including phenoxy) is 1. The fourth-order valence-corrected chi connectivity index (χ4v) is 5.10. The van der Waals surface area contributed by atoms with Crippen LogP contribution in [0.3, 0.4) is 0 Å². The van der Waals surface area contributed by atoms with Gasteiger partial charge in [-0.2, -0.15) is 0 Å². The zero-order chi connectivity index (χ0) is 23.9. The van der Waals surface area contributed by atoms with E-state index < -0.39 is 8.07 Å². The molecule has 1 fully saturated rings. The van der Waals surface area contributed by atoms with Gasteiger partial charge in [0.2, 0.25) is 0 Å². The van der Waals surface area contributed by atoms with Crippen molar-refractivity contribution in [2.24, 2.45) is 0 Å². The standard InChI is InChI=1S/C23H30FN7O2Si/c1-34(2,3)10-9-33-15-30-19-13-27-21(18-12-26-20-7-6-16(24)14-29(18)20)28-22(19)31(23(30)32)17-5-4-8-25-11-17/h6-7,12-14,17,25H,4-5,8-11,15H2,1-3H3/t17-/m1/s1. The van der Waals surface area contributed by atoms with E-state index in [1.54, 1.807) is 32.0 Å². The number of piperidine rings is 1. The van der Waals surface area contributed by atoms with Crippen molar-refractivity contribution < 1.29 is 9.13 Å². The van der Waals surface area contributed by atoms with Crippen LogP contribution in [0.4, 0.5) is 4.39 Å². The minimum absolute atomic E-state index is 0.00522. The van der Waals surface area contributed by atoms with Crippen molar-refractivity contribution in [3.8, 4) is 11.5 Å². The van der Waals surface area contributed by atoms with Crippen molar-refractivity contribution in [3.05, 3.63) is 47.0 Å². The monoisotopic (exact) mass is 483 g/mol.